The van der Waals surface area contributed by atoms with Crippen LogP contribution in [0.25, 0.3) is 0 Å². The summed E-state index contributed by atoms with van der Waals surface area (Å²) in [5.74, 6) is -0.374. The number of benzene rings is 2. The minimum Gasteiger partial charge on any atom is -0.495 e. The van der Waals surface area contributed by atoms with E-state index < -0.39 is 11.6 Å². The van der Waals surface area contributed by atoms with Gasteiger partial charge in [0.05, 0.1) is 31.5 Å². The number of ether oxygens (including phenoxy) is 4. The van der Waals surface area contributed by atoms with Crippen LogP contribution in [0.2, 0.25) is 5.02 Å². The Balaban J connectivity index is 1.62. The Bertz CT molecular complexity index is 919. The lowest BCUT2D eigenvalue weighted by atomic mass is 10.2. The van der Waals surface area contributed by atoms with Gasteiger partial charge in [0.1, 0.15) is 30.0 Å². The fourth-order valence-electron chi connectivity index (χ4n) is 2.93. The van der Waals surface area contributed by atoms with Crippen molar-refractivity contribution in [3.63, 3.8) is 0 Å². The summed E-state index contributed by atoms with van der Waals surface area (Å²) in [5.41, 5.74) is 0.602. The third kappa shape index (κ3) is 5.41. The molecule has 0 spiro atoms. The summed E-state index contributed by atoms with van der Waals surface area (Å²) >= 11 is 11.7. The number of nitrogens with zero attached hydrogens (tertiary/aromatic N) is 1. The Morgan fingerprint density at radius 3 is 2.70 bits per heavy atom. The molecule has 1 atom stereocenters. The van der Waals surface area contributed by atoms with Crippen LogP contribution in [-0.4, -0.2) is 56.6 Å². The summed E-state index contributed by atoms with van der Waals surface area (Å²) in [6, 6.07) is 6.38. The number of anilines is 1. The van der Waals surface area contributed by atoms with Gasteiger partial charge in [0, 0.05) is 31.3 Å². The van der Waals surface area contributed by atoms with Crippen LogP contribution in [0, 0.1) is 11.6 Å². The molecular formula is C20H21ClF2N2O4S. The van der Waals surface area contributed by atoms with E-state index >= 15 is 0 Å². The number of nitrogens with one attached hydrogen (secondary N) is 1. The van der Waals surface area contributed by atoms with Crippen molar-refractivity contribution in [1.82, 2.24) is 4.90 Å². The number of methoxy groups -OCH3 is 2. The first-order chi connectivity index (χ1) is 14.4. The number of thiocarbonyl (C=S) groups is 1. The van der Waals surface area contributed by atoms with E-state index in [-0.39, 0.29) is 18.5 Å². The van der Waals surface area contributed by atoms with Gasteiger partial charge in [-0.15, -0.1) is 0 Å². The molecule has 0 saturated carbocycles. The molecule has 3 rings (SSSR count). The molecule has 30 heavy (non-hydrogen) atoms. The SMILES string of the molecule is COc1cc(NC(=S)N2CCOC(COc3cc(F)ccc3F)C2)c(OC)cc1Cl. The number of hydrogen-bond donors (Lipinski definition) is 1. The second kappa shape index (κ2) is 10.1. The summed E-state index contributed by atoms with van der Waals surface area (Å²) < 4.78 is 48.7. The van der Waals surface area contributed by atoms with Crippen LogP contribution in [-0.2, 0) is 4.74 Å². The van der Waals surface area contributed by atoms with Crippen LogP contribution >= 0.6 is 23.8 Å². The Labute approximate surface area is 183 Å². The van der Waals surface area contributed by atoms with Crippen LogP contribution < -0.4 is 19.5 Å². The molecule has 162 valence electrons. The van der Waals surface area contributed by atoms with Crippen LogP contribution in [0.3, 0.4) is 0 Å². The zero-order valence-corrected chi connectivity index (χ0v) is 18.0. The molecule has 10 heteroatoms. The zero-order chi connectivity index (χ0) is 21.7. The third-order valence-corrected chi connectivity index (χ3v) is 5.12. The highest BCUT2D eigenvalue weighted by atomic mass is 35.5. The third-order valence-electron chi connectivity index (χ3n) is 4.46. The Morgan fingerprint density at radius 1 is 1.20 bits per heavy atom. The number of hydrogen-bond acceptors (Lipinski definition) is 5. The van der Waals surface area contributed by atoms with E-state index in [0.29, 0.717) is 47.0 Å². The van der Waals surface area contributed by atoms with Crippen molar-refractivity contribution in [2.24, 2.45) is 0 Å². The topological polar surface area (TPSA) is 52.2 Å². The van der Waals surface area contributed by atoms with E-state index in [4.69, 9.17) is 42.8 Å². The smallest absolute Gasteiger partial charge is 0.173 e. The Morgan fingerprint density at radius 2 is 1.97 bits per heavy atom. The van der Waals surface area contributed by atoms with Gasteiger partial charge in [-0.05, 0) is 24.4 Å². The molecule has 1 fully saturated rings. The Hall–Kier alpha value is -2.36. The lowest BCUT2D eigenvalue weighted by Crippen LogP contribution is -2.49. The summed E-state index contributed by atoms with van der Waals surface area (Å²) in [5, 5.41) is 3.99. The monoisotopic (exact) mass is 458 g/mol. The van der Waals surface area contributed by atoms with Crippen LogP contribution in [0.4, 0.5) is 14.5 Å². The van der Waals surface area contributed by atoms with Gasteiger partial charge in [0.15, 0.2) is 16.7 Å². The minimum atomic E-state index is -0.634. The van der Waals surface area contributed by atoms with Crippen molar-refractivity contribution < 1.29 is 27.7 Å². The van der Waals surface area contributed by atoms with Crippen molar-refractivity contribution in [3.8, 4) is 17.2 Å². The van der Waals surface area contributed by atoms with E-state index in [1.54, 1.807) is 12.1 Å². The molecule has 0 bridgehead atoms. The first-order valence-corrected chi connectivity index (χ1v) is 9.86. The Kier molecular flexibility index (Phi) is 7.52. The average Bonchev–Trinajstić information content (AvgIpc) is 2.75. The van der Waals surface area contributed by atoms with E-state index in [2.05, 4.69) is 5.32 Å². The van der Waals surface area contributed by atoms with E-state index in [9.17, 15) is 8.78 Å². The molecule has 0 aliphatic carbocycles. The highest BCUT2D eigenvalue weighted by Crippen LogP contribution is 2.36. The van der Waals surface area contributed by atoms with E-state index in [1.165, 1.54) is 14.2 Å². The molecular weight excluding hydrogens is 438 g/mol. The predicted octanol–water partition coefficient (Wildman–Crippen LogP) is 4.11. The maximum Gasteiger partial charge on any atom is 0.173 e. The molecule has 2 aromatic rings. The highest BCUT2D eigenvalue weighted by Gasteiger charge is 2.24. The summed E-state index contributed by atoms with van der Waals surface area (Å²) in [6.07, 6.45) is -0.372. The highest BCUT2D eigenvalue weighted by molar-refractivity contribution is 7.80. The van der Waals surface area contributed by atoms with E-state index in [0.717, 1.165) is 18.2 Å². The molecule has 1 unspecified atom stereocenters. The van der Waals surface area contributed by atoms with Gasteiger partial charge in [0.25, 0.3) is 0 Å². The van der Waals surface area contributed by atoms with Gasteiger partial charge in [-0.1, -0.05) is 11.6 Å². The quantitative estimate of drug-likeness (QED) is 0.654. The molecule has 0 amide bonds. The standard InChI is InChI=1S/C20H21ClF2N2O4S/c1-26-17-9-16(19(27-2)8-14(17)21)24-20(30)25-5-6-28-13(10-25)11-29-18-7-12(22)3-4-15(18)23/h3-4,7-9,13H,5-6,10-11H2,1-2H3,(H,24,30). The molecule has 1 heterocycles. The first kappa shape index (κ1) is 22.3. The van der Waals surface area contributed by atoms with Crippen molar-refractivity contribution in [2.45, 2.75) is 6.10 Å². The molecule has 1 aliphatic heterocycles. The van der Waals surface area contributed by atoms with Gasteiger partial charge in [-0.3, -0.25) is 0 Å². The molecule has 6 nitrogen and oxygen atoms in total. The minimum absolute atomic E-state index is 0.0532. The van der Waals surface area contributed by atoms with Crippen LogP contribution in [0.15, 0.2) is 30.3 Å². The van der Waals surface area contributed by atoms with Crippen molar-refractivity contribution in [1.29, 1.82) is 0 Å². The summed E-state index contributed by atoms with van der Waals surface area (Å²) in [4.78, 5) is 1.90. The fraction of sp³-hybridized carbons (Fsp3) is 0.350. The van der Waals surface area contributed by atoms with Crippen LogP contribution in [0.1, 0.15) is 0 Å². The molecule has 0 radical (unpaired) electrons. The molecule has 0 aromatic heterocycles. The maximum atomic E-state index is 13.7. The fourth-order valence-corrected chi connectivity index (χ4v) is 3.43. The van der Waals surface area contributed by atoms with Gasteiger partial charge in [-0.25, -0.2) is 8.78 Å². The number of halogens is 3. The molecule has 1 aliphatic rings. The normalized spacial score (nSPS) is 16.2. The van der Waals surface area contributed by atoms with Crippen molar-refractivity contribution in [3.05, 3.63) is 47.0 Å². The lowest BCUT2D eigenvalue weighted by molar-refractivity contribution is -0.0286. The lowest BCUT2D eigenvalue weighted by Gasteiger charge is -2.34. The van der Waals surface area contributed by atoms with Gasteiger partial charge < -0.3 is 29.2 Å². The summed E-state index contributed by atoms with van der Waals surface area (Å²) in [7, 11) is 3.05. The summed E-state index contributed by atoms with van der Waals surface area (Å²) in [6.45, 7) is 1.43. The maximum absolute atomic E-state index is 13.7. The van der Waals surface area contributed by atoms with E-state index in [1.807, 2.05) is 4.90 Å². The van der Waals surface area contributed by atoms with Crippen LogP contribution in [0.5, 0.6) is 17.2 Å². The molecule has 1 N–H and O–H groups in total. The predicted molar refractivity (Wildman–Crippen MR) is 114 cm³/mol. The van der Waals surface area contributed by atoms with Gasteiger partial charge >= 0.3 is 0 Å². The average molecular weight is 459 g/mol. The van der Waals surface area contributed by atoms with Crippen molar-refractivity contribution in [2.75, 3.05) is 45.8 Å². The zero-order valence-electron chi connectivity index (χ0n) is 16.4. The van der Waals surface area contributed by atoms with Gasteiger partial charge in [-0.2, -0.15) is 0 Å². The van der Waals surface area contributed by atoms with Crippen molar-refractivity contribution >= 4 is 34.6 Å². The molecule has 1 saturated heterocycles. The van der Waals surface area contributed by atoms with Gasteiger partial charge in [0.2, 0.25) is 0 Å². The number of morpholine rings is 1. The second-order valence-corrected chi connectivity index (χ2v) is 7.24. The first-order valence-electron chi connectivity index (χ1n) is 9.08. The molecule has 2 aromatic carbocycles. The largest absolute Gasteiger partial charge is 0.495 e. The number of rotatable bonds is 6. The second-order valence-electron chi connectivity index (χ2n) is 6.44.